The average Bonchev–Trinajstić information content (AvgIpc) is 3.33. The van der Waals surface area contributed by atoms with E-state index < -0.39 is 0 Å². The first-order chi connectivity index (χ1) is 14.6. The van der Waals surface area contributed by atoms with Crippen LogP contribution >= 0.6 is 11.8 Å². The van der Waals surface area contributed by atoms with Crippen LogP contribution in [0.3, 0.4) is 0 Å². The van der Waals surface area contributed by atoms with Gasteiger partial charge < -0.3 is 14.5 Å². The Bertz CT molecular complexity index is 918. The Morgan fingerprint density at radius 2 is 2.10 bits per heavy atom. The second kappa shape index (κ2) is 10.9. The van der Waals surface area contributed by atoms with Crippen LogP contribution in [0.2, 0.25) is 0 Å². The van der Waals surface area contributed by atoms with Gasteiger partial charge in [0.15, 0.2) is 5.78 Å². The van der Waals surface area contributed by atoms with E-state index >= 15 is 0 Å². The van der Waals surface area contributed by atoms with Crippen molar-refractivity contribution in [2.75, 3.05) is 19.1 Å². The lowest BCUT2D eigenvalue weighted by molar-refractivity contribution is -0.121. The summed E-state index contributed by atoms with van der Waals surface area (Å²) in [6.07, 6.45) is 8.46. The summed E-state index contributed by atoms with van der Waals surface area (Å²) < 4.78 is 10.5. The number of nitrogens with one attached hydrogen (secondary N) is 1. The van der Waals surface area contributed by atoms with Gasteiger partial charge in [-0.05, 0) is 43.7 Å². The number of ketones is 1. The fraction of sp³-hybridized carbons (Fsp3) is 0.364. The van der Waals surface area contributed by atoms with Crippen LogP contribution in [0.4, 0.5) is 0 Å². The first kappa shape index (κ1) is 22.0. The number of allylic oxidation sites excluding steroid dienone is 1. The minimum absolute atomic E-state index is 0.00389. The molecule has 3 heterocycles. The molecule has 1 fully saturated rings. The van der Waals surface area contributed by atoms with Gasteiger partial charge in [0.1, 0.15) is 0 Å². The summed E-state index contributed by atoms with van der Waals surface area (Å²) >= 11 is 1.25. The number of furan rings is 1. The second-order valence-electron chi connectivity index (χ2n) is 6.83. The number of carbonyl (C=O) groups is 2. The van der Waals surface area contributed by atoms with Gasteiger partial charge in [-0.15, -0.1) is 0 Å². The van der Waals surface area contributed by atoms with Crippen molar-refractivity contribution in [3.8, 4) is 0 Å². The molecule has 3 rings (SSSR count). The molecule has 1 amide bonds. The van der Waals surface area contributed by atoms with Gasteiger partial charge in [-0.3, -0.25) is 19.6 Å². The highest BCUT2D eigenvalue weighted by atomic mass is 32.2. The van der Waals surface area contributed by atoms with E-state index in [0.717, 1.165) is 12.0 Å². The second-order valence-corrected chi connectivity index (χ2v) is 7.81. The van der Waals surface area contributed by atoms with Crippen molar-refractivity contribution >= 4 is 35.9 Å². The number of pyridine rings is 1. The number of rotatable bonds is 9. The maximum Gasteiger partial charge on any atom is 0.253 e. The van der Waals surface area contributed by atoms with Gasteiger partial charge >= 0.3 is 0 Å². The van der Waals surface area contributed by atoms with E-state index in [1.54, 1.807) is 12.3 Å². The summed E-state index contributed by atoms with van der Waals surface area (Å²) in [4.78, 5) is 34.4. The molecule has 0 aromatic carbocycles. The van der Waals surface area contributed by atoms with Crippen molar-refractivity contribution < 1.29 is 18.7 Å². The molecule has 0 saturated carbocycles. The molecule has 0 spiro atoms. The van der Waals surface area contributed by atoms with Crippen molar-refractivity contribution in [2.45, 2.75) is 26.2 Å². The molecular formula is C22H25N3O4S. The Morgan fingerprint density at radius 3 is 2.77 bits per heavy atom. The number of hydrogen-bond acceptors (Lipinski definition) is 7. The normalized spacial score (nSPS) is 15.4. The average molecular weight is 428 g/mol. The highest BCUT2D eigenvalue weighted by molar-refractivity contribution is 8.04. The lowest BCUT2D eigenvalue weighted by Gasteiger charge is -2.22. The van der Waals surface area contributed by atoms with E-state index in [4.69, 9.17) is 9.15 Å². The fourth-order valence-electron chi connectivity index (χ4n) is 3.18. The third-order valence-corrected chi connectivity index (χ3v) is 5.87. The van der Waals surface area contributed by atoms with Crippen molar-refractivity contribution in [1.82, 2.24) is 10.3 Å². The molecule has 1 saturated heterocycles. The molecule has 0 bridgehead atoms. The van der Waals surface area contributed by atoms with Crippen LogP contribution in [-0.2, 0) is 16.0 Å². The van der Waals surface area contributed by atoms with Crippen LogP contribution in [0.25, 0.3) is 5.70 Å². The summed E-state index contributed by atoms with van der Waals surface area (Å²) in [7, 11) is 0. The third kappa shape index (κ3) is 5.46. The first-order valence-electron chi connectivity index (χ1n) is 9.84. The summed E-state index contributed by atoms with van der Waals surface area (Å²) in [5.74, 6) is -0.155. The maximum absolute atomic E-state index is 13.2. The molecule has 0 aliphatic carbocycles. The number of Topliss-reactive ketones (excluding diaryl/α,β-unsaturated/α-hetero) is 1. The SMILES string of the molecule is C=N/C(=C(\SCNC(=O)c1cncc(CC)c1)C(=O)C1CCOCC1)c1ccoc1. The Morgan fingerprint density at radius 1 is 1.30 bits per heavy atom. The third-order valence-electron chi connectivity index (χ3n) is 4.90. The van der Waals surface area contributed by atoms with Gasteiger partial charge in [0.25, 0.3) is 5.91 Å². The van der Waals surface area contributed by atoms with E-state index in [1.165, 1.54) is 30.5 Å². The number of thioether (sulfide) groups is 1. The summed E-state index contributed by atoms with van der Waals surface area (Å²) in [5.41, 5.74) is 2.63. The molecule has 7 nitrogen and oxygen atoms in total. The zero-order chi connectivity index (χ0) is 21.3. The van der Waals surface area contributed by atoms with E-state index in [0.29, 0.717) is 47.8 Å². The van der Waals surface area contributed by atoms with Crippen molar-refractivity contribution in [2.24, 2.45) is 10.9 Å². The number of carbonyl (C=O) groups excluding carboxylic acids is 2. The molecule has 30 heavy (non-hydrogen) atoms. The molecule has 0 radical (unpaired) electrons. The van der Waals surface area contributed by atoms with Crippen LogP contribution in [0.1, 0.15) is 41.3 Å². The van der Waals surface area contributed by atoms with Gasteiger partial charge in [-0.1, -0.05) is 18.7 Å². The van der Waals surface area contributed by atoms with Crippen LogP contribution in [0.5, 0.6) is 0 Å². The molecule has 158 valence electrons. The summed E-state index contributed by atoms with van der Waals surface area (Å²) in [6, 6.07) is 3.56. The predicted molar refractivity (Wildman–Crippen MR) is 117 cm³/mol. The van der Waals surface area contributed by atoms with Crippen LogP contribution in [0, 0.1) is 5.92 Å². The van der Waals surface area contributed by atoms with Crippen molar-refractivity contribution in [3.05, 3.63) is 58.6 Å². The number of nitrogens with zero attached hydrogens (tertiary/aromatic N) is 2. The van der Waals surface area contributed by atoms with Crippen LogP contribution in [-0.4, -0.2) is 42.5 Å². The van der Waals surface area contributed by atoms with Crippen LogP contribution in [0.15, 0.2) is 51.4 Å². The molecule has 1 N–H and O–H groups in total. The summed E-state index contributed by atoms with van der Waals surface area (Å²) in [6.45, 7) is 6.77. The van der Waals surface area contributed by atoms with Crippen molar-refractivity contribution in [1.29, 1.82) is 0 Å². The molecule has 2 aromatic rings. The topological polar surface area (TPSA) is 93.8 Å². The van der Waals surface area contributed by atoms with Gasteiger partial charge in [0.2, 0.25) is 0 Å². The molecule has 2 aromatic heterocycles. The molecule has 8 heteroatoms. The Labute approximate surface area is 180 Å². The Balaban J connectivity index is 1.76. The fourth-order valence-corrected chi connectivity index (χ4v) is 4.15. The summed E-state index contributed by atoms with van der Waals surface area (Å²) in [5, 5.41) is 2.85. The van der Waals surface area contributed by atoms with Crippen molar-refractivity contribution in [3.63, 3.8) is 0 Å². The minimum Gasteiger partial charge on any atom is -0.472 e. The smallest absolute Gasteiger partial charge is 0.253 e. The van der Waals surface area contributed by atoms with Gasteiger partial charge in [0.05, 0.1) is 34.6 Å². The highest BCUT2D eigenvalue weighted by Gasteiger charge is 2.28. The number of ether oxygens (including phenoxy) is 1. The number of aliphatic imine (C=N–C) groups is 1. The molecule has 0 unspecified atom stereocenters. The maximum atomic E-state index is 13.2. The zero-order valence-electron chi connectivity index (χ0n) is 16.9. The standard InChI is InChI=1S/C22H25N3O4S/c1-3-15-10-18(12-24-11-15)22(27)25-14-30-21(19(23-2)17-6-9-29-13-17)20(26)16-4-7-28-8-5-16/h6,9-13,16H,2-5,7-8,14H2,1H3,(H,25,27)/b21-19-. The lowest BCUT2D eigenvalue weighted by Crippen LogP contribution is -2.26. The Kier molecular flexibility index (Phi) is 7.98. The monoisotopic (exact) mass is 427 g/mol. The number of amides is 1. The number of aromatic nitrogens is 1. The van der Waals surface area contributed by atoms with E-state index in [1.807, 2.05) is 13.0 Å². The predicted octanol–water partition coefficient (Wildman–Crippen LogP) is 3.72. The van der Waals surface area contributed by atoms with Gasteiger partial charge in [0, 0.05) is 37.1 Å². The number of hydrogen-bond donors (Lipinski definition) is 1. The minimum atomic E-state index is -0.236. The van der Waals surface area contributed by atoms with Crippen LogP contribution < -0.4 is 5.32 Å². The van der Waals surface area contributed by atoms with E-state index in [2.05, 4.69) is 22.0 Å². The Hall–Kier alpha value is -2.71. The van der Waals surface area contributed by atoms with E-state index in [9.17, 15) is 9.59 Å². The number of aryl methyl sites for hydroxylation is 1. The molecule has 1 aliphatic heterocycles. The van der Waals surface area contributed by atoms with E-state index in [-0.39, 0.29) is 23.5 Å². The van der Waals surface area contributed by atoms with Gasteiger partial charge in [-0.2, -0.15) is 0 Å². The highest BCUT2D eigenvalue weighted by Crippen LogP contribution is 2.33. The molecule has 1 aliphatic rings. The zero-order valence-corrected chi connectivity index (χ0v) is 17.7. The first-order valence-corrected chi connectivity index (χ1v) is 10.8. The van der Waals surface area contributed by atoms with Gasteiger partial charge in [-0.25, -0.2) is 0 Å². The lowest BCUT2D eigenvalue weighted by atomic mass is 9.94. The largest absolute Gasteiger partial charge is 0.472 e. The quantitative estimate of drug-likeness (QED) is 0.372. The molecule has 0 atom stereocenters. The molecular weight excluding hydrogens is 402 g/mol.